The molecule has 0 N–H and O–H groups in total. The molecule has 1 aliphatic carbocycles. The highest BCUT2D eigenvalue weighted by Crippen LogP contribution is 2.50. The Kier molecular flexibility index (Phi) is 7.81. The quantitative estimate of drug-likeness (QED) is 0.173. The normalized spacial score (nSPS) is 12.7. The zero-order valence-electron chi connectivity index (χ0n) is 30.7. The van der Waals surface area contributed by atoms with Gasteiger partial charge in [0.15, 0.2) is 17.5 Å². The Balaban J connectivity index is 1.17. The van der Waals surface area contributed by atoms with Gasteiger partial charge in [-0.25, -0.2) is 15.0 Å². The predicted molar refractivity (Wildman–Crippen MR) is 228 cm³/mol. The number of rotatable bonds is 6. The summed E-state index contributed by atoms with van der Waals surface area (Å²) in [4.78, 5) is 15.7. The molecular weight excluding hydrogens is 667 g/mol. The Labute approximate surface area is 321 Å². The highest BCUT2D eigenvalue weighted by molar-refractivity contribution is 6.04. The van der Waals surface area contributed by atoms with Gasteiger partial charge in [0.25, 0.3) is 0 Å². The smallest absolute Gasteiger partial charge is 0.164 e. The first-order valence-electron chi connectivity index (χ1n) is 18.9. The van der Waals surface area contributed by atoms with Crippen LogP contribution in [0, 0.1) is 0 Å². The van der Waals surface area contributed by atoms with Gasteiger partial charge < -0.3 is 0 Å². The van der Waals surface area contributed by atoms with Gasteiger partial charge in [0, 0.05) is 27.7 Å². The Morgan fingerprint density at radius 2 is 0.800 bits per heavy atom. The van der Waals surface area contributed by atoms with Crippen LogP contribution in [-0.2, 0) is 5.41 Å². The van der Waals surface area contributed by atoms with Crippen LogP contribution in [-0.4, -0.2) is 15.0 Å². The highest BCUT2D eigenvalue weighted by atomic mass is 15.0. The van der Waals surface area contributed by atoms with Crippen molar-refractivity contribution in [3.05, 3.63) is 199 Å². The zero-order valence-corrected chi connectivity index (χ0v) is 30.7. The minimum absolute atomic E-state index is 0.0732. The molecule has 0 amide bonds. The molecule has 260 valence electrons. The van der Waals surface area contributed by atoms with Crippen molar-refractivity contribution in [1.82, 2.24) is 15.0 Å². The fourth-order valence-electron chi connectivity index (χ4n) is 8.28. The second-order valence-corrected chi connectivity index (χ2v) is 14.8. The van der Waals surface area contributed by atoms with E-state index in [-0.39, 0.29) is 5.41 Å². The largest absolute Gasteiger partial charge is 0.208 e. The number of benzene rings is 8. The van der Waals surface area contributed by atoms with Gasteiger partial charge in [0.05, 0.1) is 0 Å². The number of hydrogen-bond acceptors (Lipinski definition) is 3. The van der Waals surface area contributed by atoms with Gasteiger partial charge in [-0.2, -0.15) is 0 Å². The summed E-state index contributed by atoms with van der Waals surface area (Å²) in [6.07, 6.45) is 0. The molecule has 1 aliphatic rings. The van der Waals surface area contributed by atoms with Crippen molar-refractivity contribution in [2.75, 3.05) is 0 Å². The minimum Gasteiger partial charge on any atom is -0.208 e. The first kappa shape index (κ1) is 32.7. The lowest BCUT2D eigenvalue weighted by molar-refractivity contribution is 0.660. The van der Waals surface area contributed by atoms with Gasteiger partial charge in [-0.3, -0.25) is 0 Å². The van der Waals surface area contributed by atoms with E-state index in [4.69, 9.17) is 15.0 Å². The zero-order chi connectivity index (χ0) is 36.9. The molecule has 3 heteroatoms. The molecule has 0 radical (unpaired) electrons. The van der Waals surface area contributed by atoms with Crippen LogP contribution >= 0.6 is 0 Å². The third kappa shape index (κ3) is 5.73. The van der Waals surface area contributed by atoms with E-state index in [1.807, 2.05) is 12.1 Å². The molecule has 0 atom stereocenters. The first-order chi connectivity index (χ1) is 27.0. The lowest BCUT2D eigenvalue weighted by Crippen LogP contribution is -2.14. The molecule has 0 spiro atoms. The van der Waals surface area contributed by atoms with Crippen molar-refractivity contribution in [3.63, 3.8) is 0 Å². The molecule has 10 rings (SSSR count). The third-order valence-corrected chi connectivity index (χ3v) is 11.2. The van der Waals surface area contributed by atoms with Crippen LogP contribution in [0.5, 0.6) is 0 Å². The number of nitrogens with zero attached hydrogens (tertiary/aromatic N) is 3. The van der Waals surface area contributed by atoms with Crippen LogP contribution in [0.1, 0.15) is 25.0 Å². The van der Waals surface area contributed by atoms with E-state index in [1.54, 1.807) is 0 Å². The van der Waals surface area contributed by atoms with Crippen LogP contribution in [0.25, 0.3) is 89.4 Å². The van der Waals surface area contributed by atoms with Crippen molar-refractivity contribution in [2.45, 2.75) is 19.3 Å². The summed E-state index contributed by atoms with van der Waals surface area (Å²) in [5, 5.41) is 2.33. The molecule has 0 saturated heterocycles. The molecule has 9 aromatic rings. The molecule has 1 heterocycles. The summed E-state index contributed by atoms with van der Waals surface area (Å²) < 4.78 is 0. The average Bonchev–Trinajstić information content (AvgIpc) is 3.49. The number of fused-ring (bicyclic) bond motifs is 4. The van der Waals surface area contributed by atoms with E-state index in [0.717, 1.165) is 44.3 Å². The van der Waals surface area contributed by atoms with Crippen LogP contribution < -0.4 is 0 Å². The van der Waals surface area contributed by atoms with Gasteiger partial charge in [-0.05, 0) is 73.0 Å². The van der Waals surface area contributed by atoms with E-state index in [2.05, 4.69) is 190 Å². The Hall–Kier alpha value is -6.97. The van der Waals surface area contributed by atoms with Gasteiger partial charge in [0.1, 0.15) is 0 Å². The summed E-state index contributed by atoms with van der Waals surface area (Å²) >= 11 is 0. The van der Waals surface area contributed by atoms with E-state index in [1.165, 1.54) is 38.8 Å². The first-order valence-corrected chi connectivity index (χ1v) is 18.9. The Morgan fingerprint density at radius 1 is 0.327 bits per heavy atom. The summed E-state index contributed by atoms with van der Waals surface area (Å²) in [7, 11) is 0. The van der Waals surface area contributed by atoms with Crippen LogP contribution in [0.3, 0.4) is 0 Å². The molecule has 0 unspecified atom stereocenters. The summed E-state index contributed by atoms with van der Waals surface area (Å²) in [6, 6.07) is 66.7. The van der Waals surface area contributed by atoms with Crippen molar-refractivity contribution < 1.29 is 0 Å². The lowest BCUT2D eigenvalue weighted by atomic mass is 9.82. The van der Waals surface area contributed by atoms with E-state index < -0.39 is 0 Å². The van der Waals surface area contributed by atoms with Gasteiger partial charge in [-0.15, -0.1) is 0 Å². The summed E-state index contributed by atoms with van der Waals surface area (Å²) in [5.41, 5.74) is 15.0. The van der Waals surface area contributed by atoms with Gasteiger partial charge in [-0.1, -0.05) is 190 Å². The second kappa shape index (κ2) is 13.2. The SMILES string of the molecule is CC1(C)c2ccccc2-c2cc(-c3c(-c4nc(-c5ccc(-c6ccccc6)cc5)nc(-c5ccc(-c6ccccc6)cc5)n4)ccc4ccccc34)ccc21. The van der Waals surface area contributed by atoms with Crippen LogP contribution in [0.2, 0.25) is 0 Å². The Bertz CT molecular complexity index is 2760. The third-order valence-electron chi connectivity index (χ3n) is 11.2. The Morgan fingerprint density at radius 3 is 1.44 bits per heavy atom. The molecule has 1 aromatic heterocycles. The number of hydrogen-bond donors (Lipinski definition) is 0. The molecular formula is C52H37N3. The average molecular weight is 704 g/mol. The fourth-order valence-corrected chi connectivity index (χ4v) is 8.28. The van der Waals surface area contributed by atoms with E-state index in [0.29, 0.717) is 17.5 Å². The molecule has 8 aromatic carbocycles. The van der Waals surface area contributed by atoms with Gasteiger partial charge >= 0.3 is 0 Å². The van der Waals surface area contributed by atoms with Crippen LogP contribution in [0.4, 0.5) is 0 Å². The van der Waals surface area contributed by atoms with E-state index >= 15 is 0 Å². The number of aromatic nitrogens is 3. The summed E-state index contributed by atoms with van der Waals surface area (Å²) in [5.74, 6) is 1.91. The van der Waals surface area contributed by atoms with Crippen molar-refractivity contribution in [2.24, 2.45) is 0 Å². The molecule has 0 aliphatic heterocycles. The predicted octanol–water partition coefficient (Wildman–Crippen LogP) is 13.3. The monoisotopic (exact) mass is 703 g/mol. The van der Waals surface area contributed by atoms with Crippen molar-refractivity contribution >= 4 is 10.8 Å². The molecule has 3 nitrogen and oxygen atoms in total. The maximum Gasteiger partial charge on any atom is 0.164 e. The molecule has 0 saturated carbocycles. The highest BCUT2D eigenvalue weighted by Gasteiger charge is 2.35. The fraction of sp³-hybridized carbons (Fsp3) is 0.0577. The topological polar surface area (TPSA) is 38.7 Å². The van der Waals surface area contributed by atoms with Gasteiger partial charge in [0.2, 0.25) is 0 Å². The van der Waals surface area contributed by atoms with E-state index in [9.17, 15) is 0 Å². The van der Waals surface area contributed by atoms with Crippen molar-refractivity contribution in [1.29, 1.82) is 0 Å². The molecule has 0 fully saturated rings. The molecule has 55 heavy (non-hydrogen) atoms. The minimum atomic E-state index is -0.0732. The van der Waals surface area contributed by atoms with Crippen LogP contribution in [0.15, 0.2) is 188 Å². The lowest BCUT2D eigenvalue weighted by Gasteiger charge is -2.21. The molecule has 0 bridgehead atoms. The summed E-state index contributed by atoms with van der Waals surface area (Å²) in [6.45, 7) is 4.65. The second-order valence-electron chi connectivity index (χ2n) is 14.8. The van der Waals surface area contributed by atoms with Crippen molar-refractivity contribution in [3.8, 4) is 78.7 Å². The maximum absolute atomic E-state index is 5.27. The standard InChI is InChI=1S/C52H37N3/c1-52(2)46-20-12-11-19-43(46)45-33-41(30-32-47(45)52)48-42-18-10-9-17-38(42)29-31-44(48)51-54-49(39-25-21-36(22-26-39)34-13-5-3-6-14-34)53-50(55-51)40-27-23-37(24-28-40)35-15-7-4-8-16-35/h3-33H,1-2H3. The maximum atomic E-state index is 5.27.